The summed E-state index contributed by atoms with van der Waals surface area (Å²) in [4.78, 5) is 2.36. The molecule has 1 saturated heterocycles. The number of nitrogens with two attached hydrogens (primary N) is 1. The van der Waals surface area contributed by atoms with Crippen LogP contribution in [-0.2, 0) is 0 Å². The first-order valence-electron chi connectivity index (χ1n) is 5.98. The molecule has 0 radical (unpaired) electrons. The van der Waals surface area contributed by atoms with E-state index in [1.807, 2.05) is 12.1 Å². The Hall–Kier alpha value is -1.26. The van der Waals surface area contributed by atoms with Gasteiger partial charge in [0, 0.05) is 25.2 Å². The van der Waals surface area contributed by atoms with Gasteiger partial charge >= 0.3 is 0 Å². The van der Waals surface area contributed by atoms with Crippen LogP contribution in [0, 0.1) is 0 Å². The van der Waals surface area contributed by atoms with E-state index < -0.39 is 0 Å². The second-order valence-electron chi connectivity index (χ2n) is 4.65. The molecule has 0 spiro atoms. The quantitative estimate of drug-likeness (QED) is 0.835. The average Bonchev–Trinajstić information content (AvgIpc) is 2.75. The van der Waals surface area contributed by atoms with Crippen molar-refractivity contribution in [3.8, 4) is 11.5 Å². The number of methoxy groups -OCH3 is 1. The number of phenolic OH excluding ortho intramolecular Hbond substituents is 1. The molecule has 1 aliphatic heterocycles. The summed E-state index contributed by atoms with van der Waals surface area (Å²) in [6, 6.07) is 6.10. The molecular formula is C13H20N2O2. The zero-order chi connectivity index (χ0) is 12.4. The van der Waals surface area contributed by atoms with Gasteiger partial charge in [-0.25, -0.2) is 0 Å². The van der Waals surface area contributed by atoms with Crippen molar-refractivity contribution < 1.29 is 9.84 Å². The second-order valence-corrected chi connectivity index (χ2v) is 4.65. The summed E-state index contributed by atoms with van der Waals surface area (Å²) in [6.45, 7) is 4.12. The number of nitrogens with zero attached hydrogens (tertiary/aromatic N) is 1. The number of ether oxygens (including phenoxy) is 1. The van der Waals surface area contributed by atoms with Gasteiger partial charge in [-0.1, -0.05) is 6.07 Å². The summed E-state index contributed by atoms with van der Waals surface area (Å²) in [5, 5.41) is 9.57. The number of hydrogen-bond acceptors (Lipinski definition) is 4. The van der Waals surface area contributed by atoms with Gasteiger partial charge in [-0.2, -0.15) is 0 Å². The lowest BCUT2D eigenvalue weighted by Gasteiger charge is -2.24. The van der Waals surface area contributed by atoms with Crippen LogP contribution in [0.1, 0.15) is 24.9 Å². The van der Waals surface area contributed by atoms with Crippen LogP contribution < -0.4 is 10.5 Å². The van der Waals surface area contributed by atoms with Gasteiger partial charge < -0.3 is 15.6 Å². The van der Waals surface area contributed by atoms with Crippen LogP contribution in [0.2, 0.25) is 0 Å². The third kappa shape index (κ3) is 2.53. The summed E-state index contributed by atoms with van der Waals surface area (Å²) >= 11 is 0. The van der Waals surface area contributed by atoms with Crippen molar-refractivity contribution in [2.45, 2.75) is 25.4 Å². The zero-order valence-corrected chi connectivity index (χ0v) is 10.4. The Bertz CT molecular complexity index is 395. The Morgan fingerprint density at radius 2 is 2.29 bits per heavy atom. The maximum absolute atomic E-state index is 9.57. The molecule has 3 N–H and O–H groups in total. The lowest BCUT2D eigenvalue weighted by molar-refractivity contribution is 0.259. The molecule has 2 atom stereocenters. The van der Waals surface area contributed by atoms with Gasteiger partial charge in [0.1, 0.15) is 0 Å². The first kappa shape index (κ1) is 12.2. The molecule has 0 aromatic heterocycles. The first-order chi connectivity index (χ1) is 8.11. The van der Waals surface area contributed by atoms with E-state index in [1.165, 1.54) is 0 Å². The minimum absolute atomic E-state index is 0.182. The fraction of sp³-hybridized carbons (Fsp3) is 0.538. The molecule has 0 amide bonds. The smallest absolute Gasteiger partial charge is 0.160 e. The topological polar surface area (TPSA) is 58.7 Å². The van der Waals surface area contributed by atoms with E-state index in [0.717, 1.165) is 25.1 Å². The summed E-state index contributed by atoms with van der Waals surface area (Å²) in [6.07, 6.45) is 1.06. The Morgan fingerprint density at radius 3 is 2.88 bits per heavy atom. The van der Waals surface area contributed by atoms with Gasteiger partial charge in [0.15, 0.2) is 11.5 Å². The zero-order valence-electron chi connectivity index (χ0n) is 10.4. The van der Waals surface area contributed by atoms with E-state index in [2.05, 4.69) is 11.8 Å². The fourth-order valence-electron chi connectivity index (χ4n) is 2.33. The lowest BCUT2D eigenvalue weighted by atomic mass is 10.1. The number of hydrogen-bond donors (Lipinski definition) is 2. The van der Waals surface area contributed by atoms with Crippen LogP contribution in [0.15, 0.2) is 18.2 Å². The molecular weight excluding hydrogens is 216 g/mol. The molecule has 4 heteroatoms. The van der Waals surface area contributed by atoms with Crippen LogP contribution in [-0.4, -0.2) is 36.2 Å². The van der Waals surface area contributed by atoms with Crippen molar-refractivity contribution >= 4 is 0 Å². The molecule has 2 rings (SSSR count). The van der Waals surface area contributed by atoms with Crippen LogP contribution in [0.3, 0.4) is 0 Å². The van der Waals surface area contributed by atoms with E-state index in [-0.39, 0.29) is 11.8 Å². The number of rotatable bonds is 3. The summed E-state index contributed by atoms with van der Waals surface area (Å²) in [5.41, 5.74) is 7.06. The van der Waals surface area contributed by atoms with Crippen molar-refractivity contribution in [1.82, 2.24) is 4.90 Å². The summed E-state index contributed by atoms with van der Waals surface area (Å²) in [5.74, 6) is 0.708. The third-order valence-corrected chi connectivity index (χ3v) is 3.49. The molecule has 1 heterocycles. The minimum Gasteiger partial charge on any atom is -0.504 e. The van der Waals surface area contributed by atoms with E-state index in [9.17, 15) is 5.11 Å². The molecule has 17 heavy (non-hydrogen) atoms. The Morgan fingerprint density at radius 1 is 1.53 bits per heavy atom. The van der Waals surface area contributed by atoms with Gasteiger partial charge in [-0.05, 0) is 31.0 Å². The lowest BCUT2D eigenvalue weighted by Crippen LogP contribution is -2.28. The maximum atomic E-state index is 9.57. The SMILES string of the molecule is COc1cc(C(C)N2CCC(N)C2)ccc1O. The molecule has 94 valence electrons. The van der Waals surface area contributed by atoms with Gasteiger partial charge in [0.2, 0.25) is 0 Å². The van der Waals surface area contributed by atoms with E-state index >= 15 is 0 Å². The molecule has 0 aliphatic carbocycles. The van der Waals surface area contributed by atoms with Crippen molar-refractivity contribution in [3.05, 3.63) is 23.8 Å². The Balaban J connectivity index is 2.16. The molecule has 0 saturated carbocycles. The molecule has 4 nitrogen and oxygen atoms in total. The first-order valence-corrected chi connectivity index (χ1v) is 5.98. The largest absolute Gasteiger partial charge is 0.504 e. The highest BCUT2D eigenvalue weighted by Crippen LogP contribution is 2.31. The van der Waals surface area contributed by atoms with Crippen molar-refractivity contribution in [1.29, 1.82) is 0 Å². The maximum Gasteiger partial charge on any atom is 0.160 e. The Labute approximate surface area is 102 Å². The number of phenols is 1. The van der Waals surface area contributed by atoms with Crippen molar-refractivity contribution in [2.24, 2.45) is 5.73 Å². The fourth-order valence-corrected chi connectivity index (χ4v) is 2.33. The third-order valence-electron chi connectivity index (χ3n) is 3.49. The van der Waals surface area contributed by atoms with E-state index in [0.29, 0.717) is 11.8 Å². The summed E-state index contributed by atoms with van der Waals surface area (Å²) < 4.78 is 5.13. The predicted molar refractivity (Wildman–Crippen MR) is 67.2 cm³/mol. The molecule has 0 bridgehead atoms. The van der Waals surface area contributed by atoms with Crippen LogP contribution in [0.4, 0.5) is 0 Å². The van der Waals surface area contributed by atoms with Gasteiger partial charge in [0.25, 0.3) is 0 Å². The number of benzene rings is 1. The van der Waals surface area contributed by atoms with Gasteiger partial charge in [-0.3, -0.25) is 4.90 Å². The average molecular weight is 236 g/mol. The second kappa shape index (κ2) is 4.94. The normalized spacial score (nSPS) is 22.6. The number of likely N-dealkylation sites (tertiary alicyclic amines) is 1. The van der Waals surface area contributed by atoms with Crippen molar-refractivity contribution in [2.75, 3.05) is 20.2 Å². The number of aromatic hydroxyl groups is 1. The van der Waals surface area contributed by atoms with E-state index in [1.54, 1.807) is 13.2 Å². The standard InChI is InChI=1S/C13H20N2O2/c1-9(15-6-5-11(14)8-15)10-3-4-12(16)13(7-10)17-2/h3-4,7,9,11,16H,5-6,8,14H2,1-2H3. The monoisotopic (exact) mass is 236 g/mol. The Kier molecular flexibility index (Phi) is 3.54. The van der Waals surface area contributed by atoms with Crippen LogP contribution in [0.5, 0.6) is 11.5 Å². The minimum atomic E-state index is 0.182. The van der Waals surface area contributed by atoms with Crippen LogP contribution in [0.25, 0.3) is 0 Å². The van der Waals surface area contributed by atoms with Gasteiger partial charge in [0.05, 0.1) is 7.11 Å². The predicted octanol–water partition coefficient (Wildman–Crippen LogP) is 1.49. The summed E-state index contributed by atoms with van der Waals surface area (Å²) in [7, 11) is 1.56. The van der Waals surface area contributed by atoms with Crippen molar-refractivity contribution in [3.63, 3.8) is 0 Å². The van der Waals surface area contributed by atoms with Crippen LogP contribution >= 0.6 is 0 Å². The molecule has 2 unspecified atom stereocenters. The highest BCUT2D eigenvalue weighted by molar-refractivity contribution is 5.42. The highest BCUT2D eigenvalue weighted by atomic mass is 16.5. The highest BCUT2D eigenvalue weighted by Gasteiger charge is 2.24. The van der Waals surface area contributed by atoms with Gasteiger partial charge in [-0.15, -0.1) is 0 Å². The molecule has 1 fully saturated rings. The molecule has 1 aromatic carbocycles. The van der Waals surface area contributed by atoms with E-state index in [4.69, 9.17) is 10.5 Å². The molecule has 1 aromatic rings. The molecule has 1 aliphatic rings.